The van der Waals surface area contributed by atoms with Gasteiger partial charge in [-0.2, -0.15) is 0 Å². The van der Waals surface area contributed by atoms with Gasteiger partial charge in [0.25, 0.3) is 5.19 Å². The number of hydrogen-bond donors (Lipinski definition) is 0. The summed E-state index contributed by atoms with van der Waals surface area (Å²) in [4.78, 5) is 22.1. The van der Waals surface area contributed by atoms with Gasteiger partial charge in [0.05, 0.1) is 5.69 Å². The van der Waals surface area contributed by atoms with Crippen LogP contribution >= 0.6 is 11.3 Å². The van der Waals surface area contributed by atoms with Gasteiger partial charge < -0.3 is 14.5 Å². The molecule has 6 heteroatoms. The Kier molecular flexibility index (Phi) is 4.65. The molecule has 2 saturated carbocycles. The molecule has 0 spiro atoms. The van der Waals surface area contributed by atoms with Gasteiger partial charge in [-0.25, -0.2) is 4.98 Å². The number of likely N-dealkylation sites (tertiary alicyclic amines) is 1. The first-order chi connectivity index (χ1) is 12.8. The van der Waals surface area contributed by atoms with E-state index >= 15 is 0 Å². The Morgan fingerprint density at radius 3 is 2.42 bits per heavy atom. The lowest BCUT2D eigenvalue weighted by molar-refractivity contribution is -0.124. The molecule has 0 atom stereocenters. The minimum Gasteiger partial charge on any atom is -0.467 e. The smallest absolute Gasteiger partial charge is 0.275 e. The lowest BCUT2D eigenvalue weighted by atomic mass is 9.84. The molecule has 1 aromatic rings. The van der Waals surface area contributed by atoms with Crippen LogP contribution in [0.15, 0.2) is 0 Å². The normalized spacial score (nSPS) is 25.5. The van der Waals surface area contributed by atoms with E-state index in [0.29, 0.717) is 5.91 Å². The molecular weight excluding hydrogens is 346 g/mol. The molecule has 2 aliphatic heterocycles. The van der Waals surface area contributed by atoms with Gasteiger partial charge in [-0.3, -0.25) is 4.79 Å². The van der Waals surface area contributed by atoms with Gasteiger partial charge in [0, 0.05) is 31.6 Å². The monoisotopic (exact) mass is 375 g/mol. The maximum absolute atomic E-state index is 12.7. The number of anilines is 1. The van der Waals surface area contributed by atoms with Crippen LogP contribution in [0.5, 0.6) is 5.19 Å². The molecule has 0 bridgehead atoms. The number of piperidine rings is 1. The Morgan fingerprint density at radius 2 is 1.77 bits per heavy atom. The quantitative estimate of drug-likeness (QED) is 0.806. The number of ether oxygens (including phenoxy) is 1. The SMILES string of the molecule is O=C(C1CCC1)N1CCCc2nc(OC3CCN(C4CCC4)CC3)sc21. The topological polar surface area (TPSA) is 45.7 Å². The van der Waals surface area contributed by atoms with E-state index in [1.54, 1.807) is 11.3 Å². The summed E-state index contributed by atoms with van der Waals surface area (Å²) in [7, 11) is 0. The lowest BCUT2D eigenvalue weighted by Crippen LogP contribution is -2.46. The average Bonchev–Trinajstić information content (AvgIpc) is 2.95. The number of amides is 1. The zero-order valence-corrected chi connectivity index (χ0v) is 16.3. The van der Waals surface area contributed by atoms with E-state index in [-0.39, 0.29) is 12.0 Å². The van der Waals surface area contributed by atoms with E-state index in [9.17, 15) is 4.79 Å². The van der Waals surface area contributed by atoms with Gasteiger partial charge in [-0.15, -0.1) is 0 Å². The predicted octanol–water partition coefficient (Wildman–Crippen LogP) is 3.62. The molecule has 0 unspecified atom stereocenters. The zero-order chi connectivity index (χ0) is 17.5. The fraction of sp³-hybridized carbons (Fsp3) is 0.800. The number of thiazole rings is 1. The van der Waals surface area contributed by atoms with Crippen molar-refractivity contribution in [1.82, 2.24) is 9.88 Å². The summed E-state index contributed by atoms with van der Waals surface area (Å²) in [6.45, 7) is 3.17. The second-order valence-corrected chi connectivity index (χ2v) is 9.33. The molecule has 5 nitrogen and oxygen atoms in total. The van der Waals surface area contributed by atoms with Gasteiger partial charge in [0.15, 0.2) is 0 Å². The number of nitrogens with zero attached hydrogens (tertiary/aromatic N) is 3. The molecule has 0 radical (unpaired) electrons. The minimum atomic E-state index is 0.253. The third-order valence-electron chi connectivity index (χ3n) is 6.75. The number of aryl methyl sites for hydroxylation is 1. The number of hydrogen-bond acceptors (Lipinski definition) is 5. The van der Waals surface area contributed by atoms with Crippen LogP contribution in [0.3, 0.4) is 0 Å². The van der Waals surface area contributed by atoms with Crippen molar-refractivity contribution < 1.29 is 9.53 Å². The molecule has 5 rings (SSSR count). The van der Waals surface area contributed by atoms with Crippen molar-refractivity contribution in [3.05, 3.63) is 5.69 Å². The minimum absolute atomic E-state index is 0.253. The highest BCUT2D eigenvalue weighted by Crippen LogP contribution is 2.40. The van der Waals surface area contributed by atoms with Gasteiger partial charge >= 0.3 is 0 Å². The van der Waals surface area contributed by atoms with Crippen molar-refractivity contribution in [2.45, 2.75) is 76.4 Å². The Balaban J connectivity index is 1.22. The summed E-state index contributed by atoms with van der Waals surface area (Å²) in [5.41, 5.74) is 1.08. The molecule has 3 heterocycles. The Labute approximate surface area is 159 Å². The largest absolute Gasteiger partial charge is 0.467 e. The number of carbonyl (C=O) groups excluding carboxylic acids is 1. The Bertz CT molecular complexity index is 660. The van der Waals surface area contributed by atoms with E-state index in [1.165, 1.54) is 25.7 Å². The molecule has 3 fully saturated rings. The molecule has 142 valence electrons. The van der Waals surface area contributed by atoms with Crippen LogP contribution in [0.4, 0.5) is 5.00 Å². The number of carbonyl (C=O) groups is 1. The van der Waals surface area contributed by atoms with E-state index in [1.807, 2.05) is 4.90 Å². The summed E-state index contributed by atoms with van der Waals surface area (Å²) in [5.74, 6) is 0.574. The highest BCUT2D eigenvalue weighted by atomic mass is 32.1. The number of rotatable bonds is 4. The Hall–Kier alpha value is -1.14. The van der Waals surface area contributed by atoms with Crippen molar-refractivity contribution in [3.63, 3.8) is 0 Å². The highest BCUT2D eigenvalue weighted by Gasteiger charge is 2.35. The fourth-order valence-electron chi connectivity index (χ4n) is 4.59. The zero-order valence-electron chi connectivity index (χ0n) is 15.5. The average molecular weight is 376 g/mol. The molecule has 0 N–H and O–H groups in total. The van der Waals surface area contributed by atoms with Crippen LogP contribution in [-0.2, 0) is 11.2 Å². The van der Waals surface area contributed by atoms with Crippen LogP contribution in [0.25, 0.3) is 0 Å². The van der Waals surface area contributed by atoms with E-state index in [2.05, 4.69) is 4.90 Å². The first-order valence-electron chi connectivity index (χ1n) is 10.5. The molecule has 26 heavy (non-hydrogen) atoms. The summed E-state index contributed by atoms with van der Waals surface area (Å²) < 4.78 is 6.26. The fourth-order valence-corrected chi connectivity index (χ4v) is 5.65. The van der Waals surface area contributed by atoms with E-state index in [4.69, 9.17) is 9.72 Å². The van der Waals surface area contributed by atoms with Crippen molar-refractivity contribution in [3.8, 4) is 5.19 Å². The molecule has 4 aliphatic rings. The van der Waals surface area contributed by atoms with Gasteiger partial charge in [0.1, 0.15) is 11.1 Å². The van der Waals surface area contributed by atoms with Crippen molar-refractivity contribution >= 4 is 22.2 Å². The van der Waals surface area contributed by atoms with Gasteiger partial charge in [-0.1, -0.05) is 24.2 Å². The maximum atomic E-state index is 12.7. The molecule has 1 saturated heterocycles. The third kappa shape index (κ3) is 3.15. The van der Waals surface area contributed by atoms with Crippen LogP contribution in [0.1, 0.15) is 63.5 Å². The highest BCUT2D eigenvalue weighted by molar-refractivity contribution is 7.17. The Morgan fingerprint density at radius 1 is 1.00 bits per heavy atom. The molecule has 0 aromatic carbocycles. The van der Waals surface area contributed by atoms with Crippen LogP contribution in [0.2, 0.25) is 0 Å². The summed E-state index contributed by atoms with van der Waals surface area (Å²) in [6, 6.07) is 0.842. The maximum Gasteiger partial charge on any atom is 0.275 e. The molecule has 2 aliphatic carbocycles. The van der Waals surface area contributed by atoms with Crippen molar-refractivity contribution in [1.29, 1.82) is 0 Å². The summed E-state index contributed by atoms with van der Waals surface area (Å²) in [6.07, 6.45) is 12.0. The van der Waals surface area contributed by atoms with Gasteiger partial charge in [0.2, 0.25) is 5.91 Å². The molecule has 1 aromatic heterocycles. The van der Waals surface area contributed by atoms with Crippen LogP contribution in [0, 0.1) is 5.92 Å². The molecular formula is C20H29N3O2S. The standard InChI is InChI=1S/C20H29N3O2S/c24-18(14-4-1-5-14)23-11-3-8-17-19(23)26-20(21-17)25-16-9-12-22(13-10-16)15-6-2-7-15/h14-16H,1-13H2. The lowest BCUT2D eigenvalue weighted by Gasteiger charge is -2.41. The second kappa shape index (κ2) is 7.12. The van der Waals surface area contributed by atoms with E-state index < -0.39 is 0 Å². The number of aromatic nitrogens is 1. The second-order valence-electron chi connectivity index (χ2n) is 8.39. The first kappa shape index (κ1) is 17.0. The summed E-state index contributed by atoms with van der Waals surface area (Å²) >= 11 is 1.60. The predicted molar refractivity (Wildman–Crippen MR) is 103 cm³/mol. The first-order valence-corrected chi connectivity index (χ1v) is 11.3. The number of fused-ring (bicyclic) bond motifs is 1. The summed E-state index contributed by atoms with van der Waals surface area (Å²) in [5, 5.41) is 1.85. The van der Waals surface area contributed by atoms with Crippen molar-refractivity contribution in [2.24, 2.45) is 5.92 Å². The van der Waals surface area contributed by atoms with Crippen molar-refractivity contribution in [2.75, 3.05) is 24.5 Å². The van der Waals surface area contributed by atoms with Crippen LogP contribution < -0.4 is 9.64 Å². The molecule has 1 amide bonds. The van der Waals surface area contributed by atoms with Crippen LogP contribution in [-0.4, -0.2) is 47.6 Å². The van der Waals surface area contributed by atoms with Gasteiger partial charge in [-0.05, 0) is 51.4 Å². The third-order valence-corrected chi connectivity index (χ3v) is 7.76. The van der Waals surface area contributed by atoms with E-state index in [0.717, 1.165) is 80.1 Å².